The summed E-state index contributed by atoms with van der Waals surface area (Å²) < 4.78 is 0. The van der Waals surface area contributed by atoms with Crippen LogP contribution in [0.25, 0.3) is 20.7 Å². The van der Waals surface area contributed by atoms with Crippen LogP contribution in [0, 0.1) is 0 Å². The van der Waals surface area contributed by atoms with Crippen LogP contribution in [0.5, 0.6) is 0 Å². The summed E-state index contributed by atoms with van der Waals surface area (Å²) in [6.45, 7) is 4.35. The summed E-state index contributed by atoms with van der Waals surface area (Å²) in [5, 5.41) is 4.12. The van der Waals surface area contributed by atoms with Gasteiger partial charge in [-0.2, -0.15) is 0 Å². The van der Waals surface area contributed by atoms with Crippen molar-refractivity contribution in [2.75, 3.05) is 37.6 Å². The monoisotopic (exact) mass is 443 g/mol. The number of piperazine rings is 1. The van der Waals surface area contributed by atoms with Crippen molar-refractivity contribution in [1.82, 2.24) is 20.2 Å². The van der Waals surface area contributed by atoms with Crippen LogP contribution in [0.2, 0.25) is 0 Å². The molecule has 0 radical (unpaired) electrons. The van der Waals surface area contributed by atoms with Gasteiger partial charge in [0.15, 0.2) is 0 Å². The number of aromatic nitrogens is 2. The lowest BCUT2D eigenvalue weighted by Crippen LogP contribution is -2.49. The first-order valence-corrected chi connectivity index (χ1v) is 11.7. The Morgan fingerprint density at radius 3 is 2.41 bits per heavy atom. The maximum absolute atomic E-state index is 12.4. The van der Waals surface area contributed by atoms with E-state index in [9.17, 15) is 4.79 Å². The highest BCUT2D eigenvalue weighted by Gasteiger charge is 2.22. The fourth-order valence-corrected chi connectivity index (χ4v) is 5.01. The zero-order valence-electron chi connectivity index (χ0n) is 17.8. The van der Waals surface area contributed by atoms with Crippen LogP contribution in [0.4, 0.5) is 5.82 Å². The summed E-state index contributed by atoms with van der Waals surface area (Å²) in [5.74, 6) is 1.05. The van der Waals surface area contributed by atoms with Gasteiger partial charge in [-0.25, -0.2) is 9.97 Å². The van der Waals surface area contributed by atoms with Gasteiger partial charge < -0.3 is 10.2 Å². The van der Waals surface area contributed by atoms with Crippen molar-refractivity contribution >= 4 is 33.3 Å². The SMILES string of the molecule is O=C(CN1CCN(c2ncnc3sc(-c4ccccc4)cc23)CC1)NCc1ccccc1. The predicted octanol–water partition coefficient (Wildman–Crippen LogP) is 3.80. The number of hydrogen-bond donors (Lipinski definition) is 1. The Morgan fingerprint density at radius 2 is 1.66 bits per heavy atom. The molecular weight excluding hydrogens is 418 g/mol. The topological polar surface area (TPSA) is 61.4 Å². The van der Waals surface area contributed by atoms with Gasteiger partial charge in [-0.05, 0) is 17.2 Å². The number of thiophene rings is 1. The van der Waals surface area contributed by atoms with Crippen LogP contribution < -0.4 is 10.2 Å². The molecule has 162 valence electrons. The van der Waals surface area contributed by atoms with Gasteiger partial charge in [-0.1, -0.05) is 60.7 Å². The van der Waals surface area contributed by atoms with Crippen molar-refractivity contribution in [3.8, 4) is 10.4 Å². The van der Waals surface area contributed by atoms with Gasteiger partial charge in [0.1, 0.15) is 17.0 Å². The summed E-state index contributed by atoms with van der Waals surface area (Å²) >= 11 is 1.70. The molecule has 0 bridgehead atoms. The number of amides is 1. The molecule has 1 fully saturated rings. The van der Waals surface area contributed by atoms with Crippen LogP contribution >= 0.6 is 11.3 Å². The van der Waals surface area contributed by atoms with E-state index in [1.807, 2.05) is 36.4 Å². The van der Waals surface area contributed by atoms with Crippen LogP contribution in [0.3, 0.4) is 0 Å². The smallest absolute Gasteiger partial charge is 0.234 e. The second-order valence-electron chi connectivity index (χ2n) is 7.92. The Bertz CT molecular complexity index is 1190. The number of carbonyl (C=O) groups is 1. The van der Waals surface area contributed by atoms with Crippen molar-refractivity contribution in [3.63, 3.8) is 0 Å². The normalized spacial score (nSPS) is 14.6. The fraction of sp³-hybridized carbons (Fsp3) is 0.240. The molecule has 0 saturated carbocycles. The summed E-state index contributed by atoms with van der Waals surface area (Å²) in [6.07, 6.45) is 1.66. The van der Waals surface area contributed by atoms with E-state index in [0.29, 0.717) is 13.1 Å². The van der Waals surface area contributed by atoms with E-state index in [4.69, 9.17) is 0 Å². The first-order chi connectivity index (χ1) is 15.8. The molecule has 0 atom stereocenters. The average Bonchev–Trinajstić information content (AvgIpc) is 3.29. The van der Waals surface area contributed by atoms with Gasteiger partial charge in [0.2, 0.25) is 5.91 Å². The highest BCUT2D eigenvalue weighted by atomic mass is 32.1. The van der Waals surface area contributed by atoms with E-state index in [0.717, 1.165) is 47.8 Å². The predicted molar refractivity (Wildman–Crippen MR) is 130 cm³/mol. The van der Waals surface area contributed by atoms with E-state index in [-0.39, 0.29) is 5.91 Å². The van der Waals surface area contributed by atoms with Crippen LogP contribution in [0.1, 0.15) is 5.56 Å². The van der Waals surface area contributed by atoms with Gasteiger partial charge in [0.25, 0.3) is 0 Å². The highest BCUT2D eigenvalue weighted by molar-refractivity contribution is 7.21. The zero-order chi connectivity index (χ0) is 21.8. The minimum atomic E-state index is 0.0667. The summed E-state index contributed by atoms with van der Waals surface area (Å²) in [6, 6.07) is 22.6. The van der Waals surface area contributed by atoms with Gasteiger partial charge in [0, 0.05) is 37.6 Å². The lowest BCUT2D eigenvalue weighted by molar-refractivity contribution is -0.122. The summed E-state index contributed by atoms with van der Waals surface area (Å²) in [7, 11) is 0. The lowest BCUT2D eigenvalue weighted by atomic mass is 10.2. The number of rotatable bonds is 6. The first kappa shape index (κ1) is 20.6. The Morgan fingerprint density at radius 1 is 0.938 bits per heavy atom. The van der Waals surface area contributed by atoms with Gasteiger partial charge >= 0.3 is 0 Å². The Labute approximate surface area is 191 Å². The fourth-order valence-electron chi connectivity index (χ4n) is 4.01. The molecule has 1 N–H and O–H groups in total. The average molecular weight is 444 g/mol. The van der Waals surface area contributed by atoms with Gasteiger partial charge in [-0.15, -0.1) is 11.3 Å². The molecule has 3 heterocycles. The zero-order valence-corrected chi connectivity index (χ0v) is 18.6. The van der Waals surface area contributed by atoms with Crippen molar-refractivity contribution in [2.24, 2.45) is 0 Å². The second kappa shape index (κ2) is 9.46. The number of benzene rings is 2. The number of anilines is 1. The van der Waals surface area contributed by atoms with E-state index in [2.05, 4.69) is 55.4 Å². The van der Waals surface area contributed by atoms with E-state index in [1.54, 1.807) is 17.7 Å². The van der Waals surface area contributed by atoms with Crippen LogP contribution in [0.15, 0.2) is 73.1 Å². The second-order valence-corrected chi connectivity index (χ2v) is 8.95. The van der Waals surface area contributed by atoms with E-state index in [1.165, 1.54) is 10.4 Å². The third-order valence-electron chi connectivity index (χ3n) is 5.74. The Kier molecular flexibility index (Phi) is 6.09. The van der Waals surface area contributed by atoms with Gasteiger partial charge in [0.05, 0.1) is 11.9 Å². The molecule has 0 aliphatic carbocycles. The van der Waals surface area contributed by atoms with Crippen molar-refractivity contribution < 1.29 is 4.79 Å². The van der Waals surface area contributed by atoms with Crippen molar-refractivity contribution in [2.45, 2.75) is 6.54 Å². The number of hydrogen-bond acceptors (Lipinski definition) is 6. The maximum Gasteiger partial charge on any atom is 0.234 e. The largest absolute Gasteiger partial charge is 0.353 e. The van der Waals surface area contributed by atoms with Gasteiger partial charge in [-0.3, -0.25) is 9.69 Å². The number of fused-ring (bicyclic) bond motifs is 1. The molecule has 32 heavy (non-hydrogen) atoms. The van der Waals surface area contributed by atoms with Crippen molar-refractivity contribution in [3.05, 3.63) is 78.6 Å². The molecule has 1 amide bonds. The summed E-state index contributed by atoms with van der Waals surface area (Å²) in [4.78, 5) is 28.2. The molecule has 1 aliphatic heterocycles. The first-order valence-electron chi connectivity index (χ1n) is 10.8. The molecule has 7 heteroatoms. The Balaban J connectivity index is 1.20. The van der Waals surface area contributed by atoms with Crippen molar-refractivity contribution in [1.29, 1.82) is 0 Å². The quantitative estimate of drug-likeness (QED) is 0.491. The molecule has 2 aromatic heterocycles. The third kappa shape index (κ3) is 4.64. The molecule has 1 aliphatic rings. The number of nitrogens with zero attached hydrogens (tertiary/aromatic N) is 4. The molecule has 1 saturated heterocycles. The standard InChI is InChI=1S/C25H25N5OS/c31-23(26-16-19-7-3-1-4-8-19)17-29-11-13-30(14-12-29)24-21-15-22(20-9-5-2-6-10-20)32-25(21)28-18-27-24/h1-10,15,18H,11-14,16-17H2,(H,26,31). The number of nitrogens with one attached hydrogen (secondary N) is 1. The molecular formula is C25H25N5OS. The maximum atomic E-state index is 12.4. The molecule has 5 rings (SSSR count). The minimum absolute atomic E-state index is 0.0667. The van der Waals surface area contributed by atoms with Crippen LogP contribution in [-0.4, -0.2) is 53.5 Å². The Hall–Kier alpha value is -3.29. The molecule has 2 aromatic carbocycles. The van der Waals surface area contributed by atoms with E-state index < -0.39 is 0 Å². The molecule has 4 aromatic rings. The highest BCUT2D eigenvalue weighted by Crippen LogP contribution is 2.36. The molecule has 0 spiro atoms. The van der Waals surface area contributed by atoms with E-state index >= 15 is 0 Å². The lowest BCUT2D eigenvalue weighted by Gasteiger charge is -2.35. The third-order valence-corrected chi connectivity index (χ3v) is 6.83. The molecule has 0 unspecified atom stereocenters. The number of carbonyl (C=O) groups excluding carboxylic acids is 1. The van der Waals surface area contributed by atoms with Crippen LogP contribution in [-0.2, 0) is 11.3 Å². The summed E-state index contributed by atoms with van der Waals surface area (Å²) in [5.41, 5.74) is 2.32. The minimum Gasteiger partial charge on any atom is -0.353 e. The molecule has 6 nitrogen and oxygen atoms in total.